The third-order valence-electron chi connectivity index (χ3n) is 5.31. The highest BCUT2D eigenvalue weighted by atomic mass is 32.1. The standard InChI is InChI=1S/C22H20N4OS/c27-22(19-10-9-16-5-1-2-6-17(16)23-19)26-13-11-25(12-14-26)15-21-24-18-7-3-4-8-20(18)28-21/h1-10H,11-15H2/p+1. The summed E-state index contributed by atoms with van der Waals surface area (Å²) in [5.74, 6) is 0.0322. The van der Waals surface area contributed by atoms with Crippen molar-refractivity contribution < 1.29 is 9.69 Å². The van der Waals surface area contributed by atoms with Gasteiger partial charge in [0.05, 0.1) is 41.9 Å². The van der Waals surface area contributed by atoms with E-state index >= 15 is 0 Å². The van der Waals surface area contributed by atoms with E-state index in [-0.39, 0.29) is 5.91 Å². The van der Waals surface area contributed by atoms with E-state index in [0.29, 0.717) is 5.69 Å². The van der Waals surface area contributed by atoms with E-state index < -0.39 is 0 Å². The molecule has 0 aliphatic carbocycles. The van der Waals surface area contributed by atoms with Crippen LogP contribution in [-0.4, -0.2) is 47.0 Å². The van der Waals surface area contributed by atoms with Gasteiger partial charge in [0.15, 0.2) is 0 Å². The first-order valence-corrected chi connectivity index (χ1v) is 10.4. The van der Waals surface area contributed by atoms with Gasteiger partial charge in [-0.25, -0.2) is 9.97 Å². The molecular formula is C22H21N4OS+. The molecule has 1 fully saturated rings. The third kappa shape index (κ3) is 3.37. The van der Waals surface area contributed by atoms with Crippen molar-refractivity contribution >= 4 is 38.4 Å². The highest BCUT2D eigenvalue weighted by Crippen LogP contribution is 2.20. The minimum Gasteiger partial charge on any atom is -0.326 e. The van der Waals surface area contributed by atoms with Crippen molar-refractivity contribution in [2.75, 3.05) is 26.2 Å². The molecule has 3 heterocycles. The largest absolute Gasteiger partial charge is 0.326 e. The third-order valence-corrected chi connectivity index (χ3v) is 6.35. The Morgan fingerprint density at radius 3 is 2.50 bits per heavy atom. The maximum absolute atomic E-state index is 12.9. The molecule has 0 bridgehead atoms. The normalized spacial score (nSPS) is 15.4. The number of fused-ring (bicyclic) bond motifs is 2. The van der Waals surface area contributed by atoms with Gasteiger partial charge in [-0.1, -0.05) is 36.4 Å². The van der Waals surface area contributed by atoms with Crippen LogP contribution >= 0.6 is 11.3 Å². The lowest BCUT2D eigenvalue weighted by molar-refractivity contribution is -0.917. The number of benzene rings is 2. The molecular weight excluding hydrogens is 368 g/mol. The number of rotatable bonds is 3. The summed E-state index contributed by atoms with van der Waals surface area (Å²) in [6.45, 7) is 4.32. The molecule has 28 heavy (non-hydrogen) atoms. The molecule has 2 aromatic carbocycles. The van der Waals surface area contributed by atoms with Crippen LogP contribution in [0.4, 0.5) is 0 Å². The number of thiazole rings is 1. The molecule has 5 nitrogen and oxygen atoms in total. The Bertz CT molecular complexity index is 1110. The van der Waals surface area contributed by atoms with Gasteiger partial charge < -0.3 is 9.80 Å². The van der Waals surface area contributed by atoms with Gasteiger partial charge in [-0.15, -0.1) is 11.3 Å². The summed E-state index contributed by atoms with van der Waals surface area (Å²) in [6, 6.07) is 20.0. The Kier molecular flexibility index (Phi) is 4.50. The molecule has 0 spiro atoms. The van der Waals surface area contributed by atoms with E-state index in [0.717, 1.165) is 49.1 Å². The van der Waals surface area contributed by atoms with Crippen molar-refractivity contribution in [2.45, 2.75) is 6.54 Å². The van der Waals surface area contributed by atoms with E-state index in [1.54, 1.807) is 11.3 Å². The van der Waals surface area contributed by atoms with Crippen molar-refractivity contribution in [1.82, 2.24) is 14.9 Å². The number of hydrogen-bond acceptors (Lipinski definition) is 4. The molecule has 0 saturated carbocycles. The van der Waals surface area contributed by atoms with Crippen LogP contribution in [0.3, 0.4) is 0 Å². The zero-order valence-electron chi connectivity index (χ0n) is 15.5. The minimum atomic E-state index is 0.0322. The second kappa shape index (κ2) is 7.30. The van der Waals surface area contributed by atoms with Crippen molar-refractivity contribution in [3.05, 3.63) is 71.4 Å². The first kappa shape index (κ1) is 17.3. The van der Waals surface area contributed by atoms with Crippen LogP contribution in [0.2, 0.25) is 0 Å². The molecule has 5 rings (SSSR count). The predicted molar refractivity (Wildman–Crippen MR) is 112 cm³/mol. The number of nitrogens with zero attached hydrogens (tertiary/aromatic N) is 3. The molecule has 6 heteroatoms. The molecule has 1 aliphatic rings. The van der Waals surface area contributed by atoms with Crippen molar-refractivity contribution in [1.29, 1.82) is 0 Å². The van der Waals surface area contributed by atoms with Gasteiger partial charge in [-0.2, -0.15) is 0 Å². The van der Waals surface area contributed by atoms with Crippen LogP contribution < -0.4 is 4.90 Å². The summed E-state index contributed by atoms with van der Waals surface area (Å²) in [6.07, 6.45) is 0. The summed E-state index contributed by atoms with van der Waals surface area (Å²) in [7, 11) is 0. The van der Waals surface area contributed by atoms with Gasteiger partial charge in [-0.05, 0) is 24.3 Å². The number of piperazine rings is 1. The van der Waals surface area contributed by atoms with Crippen LogP contribution in [-0.2, 0) is 6.54 Å². The van der Waals surface area contributed by atoms with E-state index in [1.807, 2.05) is 47.4 Å². The number of para-hydroxylation sites is 2. The van der Waals surface area contributed by atoms with E-state index in [9.17, 15) is 4.79 Å². The number of carbonyl (C=O) groups excluding carboxylic acids is 1. The second-order valence-electron chi connectivity index (χ2n) is 7.18. The number of amides is 1. The summed E-state index contributed by atoms with van der Waals surface area (Å²) < 4.78 is 1.24. The lowest BCUT2D eigenvalue weighted by Gasteiger charge is -2.31. The summed E-state index contributed by atoms with van der Waals surface area (Å²) >= 11 is 1.77. The highest BCUT2D eigenvalue weighted by Gasteiger charge is 2.26. The number of hydrogen-bond donors (Lipinski definition) is 1. The average molecular weight is 390 g/mol. The maximum Gasteiger partial charge on any atom is 0.272 e. The van der Waals surface area contributed by atoms with E-state index in [4.69, 9.17) is 4.98 Å². The zero-order chi connectivity index (χ0) is 18.9. The molecule has 0 radical (unpaired) electrons. The van der Waals surface area contributed by atoms with Gasteiger partial charge in [-0.3, -0.25) is 4.79 Å². The Balaban J connectivity index is 1.24. The first-order valence-electron chi connectivity index (χ1n) is 9.59. The number of quaternary nitrogens is 1. The summed E-state index contributed by atoms with van der Waals surface area (Å²) in [5.41, 5.74) is 2.49. The monoisotopic (exact) mass is 389 g/mol. The van der Waals surface area contributed by atoms with Crippen LogP contribution in [0.5, 0.6) is 0 Å². The van der Waals surface area contributed by atoms with Gasteiger partial charge in [0.2, 0.25) is 0 Å². The minimum absolute atomic E-state index is 0.0322. The number of carbonyl (C=O) groups is 1. The van der Waals surface area contributed by atoms with Crippen LogP contribution in [0, 0.1) is 0 Å². The fourth-order valence-electron chi connectivity index (χ4n) is 3.76. The van der Waals surface area contributed by atoms with E-state index in [1.165, 1.54) is 14.6 Å². The Labute approximate surface area is 167 Å². The van der Waals surface area contributed by atoms with Crippen LogP contribution in [0.15, 0.2) is 60.7 Å². The van der Waals surface area contributed by atoms with Gasteiger partial charge in [0.1, 0.15) is 17.2 Å². The topological polar surface area (TPSA) is 50.5 Å². The summed E-state index contributed by atoms with van der Waals surface area (Å²) in [5, 5.41) is 2.23. The number of aromatic nitrogens is 2. The van der Waals surface area contributed by atoms with Crippen molar-refractivity contribution in [3.63, 3.8) is 0 Å². The van der Waals surface area contributed by atoms with Gasteiger partial charge in [0, 0.05) is 5.39 Å². The fourth-order valence-corrected chi connectivity index (χ4v) is 4.80. The molecule has 140 valence electrons. The molecule has 0 atom stereocenters. The number of pyridine rings is 1. The number of nitrogens with one attached hydrogen (secondary N) is 1. The maximum atomic E-state index is 12.9. The Hall–Kier alpha value is -2.83. The smallest absolute Gasteiger partial charge is 0.272 e. The lowest BCUT2D eigenvalue weighted by atomic mass is 10.2. The molecule has 1 saturated heterocycles. The Morgan fingerprint density at radius 2 is 1.68 bits per heavy atom. The predicted octanol–water partition coefficient (Wildman–Crippen LogP) is 2.39. The SMILES string of the molecule is O=C(c1ccc2ccccc2n1)N1CC[NH+](Cc2nc3ccccc3s2)CC1. The second-order valence-corrected chi connectivity index (χ2v) is 8.30. The molecule has 0 unspecified atom stereocenters. The molecule has 1 amide bonds. The fraction of sp³-hybridized carbons (Fsp3) is 0.227. The molecule has 1 N–H and O–H groups in total. The lowest BCUT2D eigenvalue weighted by Crippen LogP contribution is -3.13. The molecule has 1 aliphatic heterocycles. The van der Waals surface area contributed by atoms with Gasteiger partial charge >= 0.3 is 0 Å². The van der Waals surface area contributed by atoms with Crippen LogP contribution in [0.1, 0.15) is 15.5 Å². The first-order chi connectivity index (χ1) is 13.8. The average Bonchev–Trinajstić information content (AvgIpc) is 3.16. The van der Waals surface area contributed by atoms with Gasteiger partial charge in [0.25, 0.3) is 5.91 Å². The van der Waals surface area contributed by atoms with E-state index in [2.05, 4.69) is 23.2 Å². The molecule has 4 aromatic rings. The molecule has 2 aromatic heterocycles. The van der Waals surface area contributed by atoms with Crippen molar-refractivity contribution in [3.8, 4) is 0 Å². The zero-order valence-corrected chi connectivity index (χ0v) is 16.3. The van der Waals surface area contributed by atoms with Crippen LogP contribution in [0.25, 0.3) is 21.1 Å². The highest BCUT2D eigenvalue weighted by molar-refractivity contribution is 7.18. The quantitative estimate of drug-likeness (QED) is 0.585. The van der Waals surface area contributed by atoms with Crippen molar-refractivity contribution in [2.24, 2.45) is 0 Å². The Morgan fingerprint density at radius 1 is 0.929 bits per heavy atom. The summed E-state index contributed by atoms with van der Waals surface area (Å²) in [4.78, 5) is 25.6.